The lowest BCUT2D eigenvalue weighted by Crippen LogP contribution is -1.91. The fraction of sp³-hybridized carbons (Fsp3) is 0.652. The Kier molecular flexibility index (Phi) is 21.6. The Bertz CT molecular complexity index is 1010. The predicted molar refractivity (Wildman–Crippen MR) is 207 cm³/mol. The molecule has 0 fully saturated rings. The van der Waals surface area contributed by atoms with Crippen molar-refractivity contribution in [3.05, 3.63) is 71.8 Å². The molecule has 0 heteroatoms. The summed E-state index contributed by atoms with van der Waals surface area (Å²) < 4.78 is 0. The zero-order valence-corrected chi connectivity index (χ0v) is 30.6. The number of hydrogen-bond donors (Lipinski definition) is 0. The number of unbranched alkanes of at least 4 members (excludes halogenated alkanes) is 24. The largest absolute Gasteiger partial charge is 0.0654 e. The molecule has 256 valence electrons. The van der Waals surface area contributed by atoms with Crippen molar-refractivity contribution in [2.24, 2.45) is 0 Å². The van der Waals surface area contributed by atoms with E-state index in [0.29, 0.717) is 0 Å². The summed E-state index contributed by atoms with van der Waals surface area (Å²) in [6, 6.07) is 23.3. The number of hydrogen-bond acceptors (Lipinski definition) is 0. The van der Waals surface area contributed by atoms with Crippen LogP contribution in [0.15, 0.2) is 60.7 Å². The monoisotopic (exact) mass is 625 g/mol. The Morgan fingerprint density at radius 2 is 0.630 bits per heavy atom. The van der Waals surface area contributed by atoms with Gasteiger partial charge < -0.3 is 0 Å². The van der Waals surface area contributed by atoms with Gasteiger partial charge in [-0.15, -0.1) is 0 Å². The van der Waals surface area contributed by atoms with Crippen molar-refractivity contribution in [1.82, 2.24) is 0 Å². The number of fused-ring (bicyclic) bond motifs is 1. The molecular formula is C46H72. The summed E-state index contributed by atoms with van der Waals surface area (Å²) in [6.07, 6.45) is 39.2. The molecule has 0 saturated heterocycles. The van der Waals surface area contributed by atoms with E-state index in [1.54, 1.807) is 11.1 Å². The molecule has 0 bridgehead atoms. The molecule has 3 rings (SSSR count). The zero-order chi connectivity index (χ0) is 32.3. The van der Waals surface area contributed by atoms with Crippen molar-refractivity contribution in [3.8, 4) is 22.3 Å². The molecule has 0 atom stereocenters. The number of rotatable bonds is 29. The van der Waals surface area contributed by atoms with Gasteiger partial charge in [-0.3, -0.25) is 0 Å². The average Bonchev–Trinajstić information content (AvgIpc) is 3.52. The molecule has 0 amide bonds. The quantitative estimate of drug-likeness (QED) is 0.0674. The van der Waals surface area contributed by atoms with Gasteiger partial charge in [-0.25, -0.2) is 0 Å². The van der Waals surface area contributed by atoms with E-state index in [2.05, 4.69) is 74.5 Å². The maximum atomic E-state index is 2.53. The van der Waals surface area contributed by atoms with Gasteiger partial charge >= 0.3 is 0 Å². The van der Waals surface area contributed by atoms with Crippen LogP contribution in [0.1, 0.15) is 192 Å². The lowest BCUT2D eigenvalue weighted by Gasteiger charge is -2.08. The first-order valence-corrected chi connectivity index (χ1v) is 20.4. The summed E-state index contributed by atoms with van der Waals surface area (Å²) in [5, 5.41) is 0. The van der Waals surface area contributed by atoms with Gasteiger partial charge in [0.25, 0.3) is 0 Å². The van der Waals surface area contributed by atoms with Gasteiger partial charge in [-0.1, -0.05) is 229 Å². The van der Waals surface area contributed by atoms with Gasteiger partial charge in [0, 0.05) is 0 Å². The SMILES string of the molecule is CCCCCCCCCCCCCCCc1cc(-c2ccccc2)cc(CCCCCCCCCCCCCCC)c2cccc1-2. The highest BCUT2D eigenvalue weighted by Crippen LogP contribution is 2.35. The normalized spacial score (nSPS) is 11.5. The molecule has 1 aromatic rings. The van der Waals surface area contributed by atoms with Gasteiger partial charge in [0.1, 0.15) is 0 Å². The maximum absolute atomic E-state index is 2.53. The van der Waals surface area contributed by atoms with E-state index >= 15 is 0 Å². The van der Waals surface area contributed by atoms with Crippen LogP contribution in [-0.2, 0) is 12.8 Å². The summed E-state index contributed by atoms with van der Waals surface area (Å²) in [6.45, 7) is 4.61. The Hall–Kier alpha value is -2.08. The molecule has 0 spiro atoms. The van der Waals surface area contributed by atoms with Gasteiger partial charge in [0.15, 0.2) is 0 Å². The summed E-state index contributed by atoms with van der Waals surface area (Å²) in [7, 11) is 0. The standard InChI is InChI=1S/C46H72/c1-3-5-7-9-11-13-15-17-19-21-23-25-28-35-42-39-44(41-33-30-27-31-34-41)40-43(46-38-32-37-45(42)46)36-29-26-24-22-20-18-16-14-12-10-8-6-4-2/h27,30-34,37-40H,3-26,28-29,35-36H2,1-2H3. The fourth-order valence-corrected chi connectivity index (χ4v) is 7.43. The van der Waals surface area contributed by atoms with Crippen molar-refractivity contribution >= 4 is 0 Å². The van der Waals surface area contributed by atoms with Crippen LogP contribution < -0.4 is 0 Å². The molecule has 0 aliphatic heterocycles. The molecule has 2 aliphatic rings. The maximum Gasteiger partial charge on any atom is -0.0149 e. The van der Waals surface area contributed by atoms with E-state index in [4.69, 9.17) is 0 Å². The zero-order valence-electron chi connectivity index (χ0n) is 30.6. The second-order valence-electron chi connectivity index (χ2n) is 14.5. The molecule has 0 saturated carbocycles. The van der Waals surface area contributed by atoms with E-state index in [9.17, 15) is 0 Å². The van der Waals surface area contributed by atoms with Crippen LogP contribution in [0, 0.1) is 0 Å². The third kappa shape index (κ3) is 16.2. The van der Waals surface area contributed by atoms with E-state index in [0.717, 1.165) is 0 Å². The highest BCUT2D eigenvalue weighted by atomic mass is 14.2. The van der Waals surface area contributed by atoms with Crippen molar-refractivity contribution in [1.29, 1.82) is 0 Å². The average molecular weight is 625 g/mol. The molecule has 1 aromatic carbocycles. The Labute approximate surface area is 286 Å². The first-order valence-electron chi connectivity index (χ1n) is 20.4. The number of benzene rings is 1. The van der Waals surface area contributed by atoms with Crippen molar-refractivity contribution in [3.63, 3.8) is 0 Å². The summed E-state index contributed by atoms with van der Waals surface area (Å²) >= 11 is 0. The molecule has 0 N–H and O–H groups in total. The van der Waals surface area contributed by atoms with Crippen LogP contribution in [0.2, 0.25) is 0 Å². The second-order valence-corrected chi connectivity index (χ2v) is 14.5. The number of aryl methyl sites for hydroxylation is 2. The third-order valence-corrected chi connectivity index (χ3v) is 10.4. The molecule has 0 unspecified atom stereocenters. The third-order valence-electron chi connectivity index (χ3n) is 10.4. The van der Waals surface area contributed by atoms with Crippen LogP contribution >= 0.6 is 0 Å². The van der Waals surface area contributed by atoms with Crippen LogP contribution in [0.25, 0.3) is 22.3 Å². The van der Waals surface area contributed by atoms with Crippen molar-refractivity contribution in [2.75, 3.05) is 0 Å². The van der Waals surface area contributed by atoms with Crippen LogP contribution in [-0.4, -0.2) is 0 Å². The van der Waals surface area contributed by atoms with Crippen LogP contribution in [0.4, 0.5) is 0 Å². The molecule has 46 heavy (non-hydrogen) atoms. The van der Waals surface area contributed by atoms with Crippen LogP contribution in [0.3, 0.4) is 0 Å². The lowest BCUT2D eigenvalue weighted by atomic mass is 9.96. The molecule has 2 aliphatic carbocycles. The smallest absolute Gasteiger partial charge is 0.0149 e. The first-order chi connectivity index (χ1) is 22.8. The van der Waals surface area contributed by atoms with Crippen molar-refractivity contribution in [2.45, 2.75) is 194 Å². The Balaban J connectivity index is 1.42. The summed E-state index contributed by atoms with van der Waals surface area (Å²) in [5.41, 5.74) is 8.89. The minimum atomic E-state index is 1.20. The summed E-state index contributed by atoms with van der Waals surface area (Å²) in [4.78, 5) is 0. The second kappa shape index (κ2) is 25.9. The fourth-order valence-electron chi connectivity index (χ4n) is 7.43. The topological polar surface area (TPSA) is 0 Å². The Morgan fingerprint density at radius 1 is 0.304 bits per heavy atom. The predicted octanol–water partition coefficient (Wildman–Crippen LogP) is 15.7. The Morgan fingerprint density at radius 3 is 0.978 bits per heavy atom. The molecular weight excluding hydrogens is 553 g/mol. The molecule has 0 heterocycles. The van der Waals surface area contributed by atoms with Gasteiger partial charge in [0.05, 0.1) is 0 Å². The van der Waals surface area contributed by atoms with E-state index in [1.807, 2.05) is 0 Å². The molecule has 0 radical (unpaired) electrons. The lowest BCUT2D eigenvalue weighted by molar-refractivity contribution is 0.539. The van der Waals surface area contributed by atoms with Gasteiger partial charge in [0.2, 0.25) is 0 Å². The van der Waals surface area contributed by atoms with Crippen molar-refractivity contribution < 1.29 is 0 Å². The van der Waals surface area contributed by atoms with E-state index in [-0.39, 0.29) is 0 Å². The minimum Gasteiger partial charge on any atom is -0.0654 e. The van der Waals surface area contributed by atoms with E-state index in [1.165, 1.54) is 202 Å². The highest BCUT2D eigenvalue weighted by molar-refractivity contribution is 5.78. The molecule has 0 nitrogen and oxygen atoms in total. The first kappa shape index (κ1) is 38.4. The minimum absolute atomic E-state index is 1.20. The summed E-state index contributed by atoms with van der Waals surface area (Å²) in [5.74, 6) is 0. The van der Waals surface area contributed by atoms with Gasteiger partial charge in [-0.2, -0.15) is 0 Å². The van der Waals surface area contributed by atoms with E-state index < -0.39 is 0 Å². The highest BCUT2D eigenvalue weighted by Gasteiger charge is 2.14. The molecule has 0 aromatic heterocycles. The van der Waals surface area contributed by atoms with Gasteiger partial charge in [-0.05, 0) is 59.1 Å². The van der Waals surface area contributed by atoms with Crippen LogP contribution in [0.5, 0.6) is 0 Å².